The highest BCUT2D eigenvalue weighted by Crippen LogP contribution is 2.28. The first kappa shape index (κ1) is 19.7. The van der Waals surface area contributed by atoms with Crippen molar-refractivity contribution in [1.29, 1.82) is 0 Å². The van der Waals surface area contributed by atoms with Gasteiger partial charge in [-0.1, -0.05) is 18.2 Å². The van der Waals surface area contributed by atoms with Crippen molar-refractivity contribution in [2.75, 3.05) is 19.5 Å². The van der Waals surface area contributed by atoms with Crippen LogP contribution >= 0.6 is 0 Å². The number of hydrogen-bond acceptors (Lipinski definition) is 4. The lowest BCUT2D eigenvalue weighted by molar-refractivity contribution is -0.111. The van der Waals surface area contributed by atoms with E-state index in [9.17, 15) is 9.59 Å². The molecule has 2 rings (SSSR count). The molecule has 7 heteroatoms. The van der Waals surface area contributed by atoms with Crippen LogP contribution in [0.1, 0.15) is 15.9 Å². The topological polar surface area (TPSA) is 116 Å². The number of anilines is 1. The molecule has 2 aromatic rings. The SMILES string of the molecule is COc1ccc(C=CC(=O)Nc2ccccc2C(=O)O)cc1OC.O. The second-order valence-corrected chi connectivity index (χ2v) is 4.79. The standard InChI is InChI=1S/C18H17NO5.H2O/c1-23-15-9-7-12(11-16(15)24-2)8-10-17(20)19-14-6-4-3-5-13(14)18(21)22;/h3-11H,1-2H3,(H,19,20)(H,21,22);1H2. The van der Waals surface area contributed by atoms with Crippen LogP contribution in [0.2, 0.25) is 0 Å². The van der Waals surface area contributed by atoms with Crippen LogP contribution in [0.5, 0.6) is 11.5 Å². The van der Waals surface area contributed by atoms with Crippen molar-refractivity contribution < 1.29 is 29.6 Å². The van der Waals surface area contributed by atoms with E-state index in [4.69, 9.17) is 14.6 Å². The second kappa shape index (κ2) is 9.09. The largest absolute Gasteiger partial charge is 0.493 e. The van der Waals surface area contributed by atoms with Crippen molar-refractivity contribution in [2.24, 2.45) is 0 Å². The van der Waals surface area contributed by atoms with Gasteiger partial charge in [0.1, 0.15) is 0 Å². The number of methoxy groups -OCH3 is 2. The van der Waals surface area contributed by atoms with Gasteiger partial charge in [-0.3, -0.25) is 4.79 Å². The number of benzene rings is 2. The summed E-state index contributed by atoms with van der Waals surface area (Å²) in [4.78, 5) is 23.1. The zero-order valence-corrected chi connectivity index (χ0v) is 13.8. The average molecular weight is 345 g/mol. The highest BCUT2D eigenvalue weighted by atomic mass is 16.5. The maximum Gasteiger partial charge on any atom is 0.337 e. The van der Waals surface area contributed by atoms with Crippen LogP contribution in [0.4, 0.5) is 5.69 Å². The van der Waals surface area contributed by atoms with Crippen molar-refractivity contribution >= 4 is 23.6 Å². The molecule has 0 fully saturated rings. The molecule has 0 radical (unpaired) electrons. The molecule has 4 N–H and O–H groups in total. The summed E-state index contributed by atoms with van der Waals surface area (Å²) in [5.74, 6) is -0.390. The predicted octanol–water partition coefficient (Wildman–Crippen LogP) is 2.23. The molecule has 0 aliphatic carbocycles. The van der Waals surface area contributed by atoms with Crippen LogP contribution in [-0.2, 0) is 4.79 Å². The van der Waals surface area contributed by atoms with Crippen molar-refractivity contribution in [3.63, 3.8) is 0 Å². The molecule has 0 atom stereocenters. The lowest BCUT2D eigenvalue weighted by Gasteiger charge is -2.08. The molecule has 0 heterocycles. The molecular formula is C18H19NO6. The van der Waals surface area contributed by atoms with Gasteiger partial charge in [0.2, 0.25) is 5.91 Å². The normalized spacial score (nSPS) is 10.0. The van der Waals surface area contributed by atoms with Crippen LogP contribution in [-0.4, -0.2) is 36.7 Å². The molecule has 0 saturated heterocycles. The molecule has 25 heavy (non-hydrogen) atoms. The highest BCUT2D eigenvalue weighted by molar-refractivity contribution is 6.06. The number of para-hydroxylation sites is 1. The fourth-order valence-electron chi connectivity index (χ4n) is 2.08. The van der Waals surface area contributed by atoms with Crippen LogP contribution in [0.25, 0.3) is 6.08 Å². The van der Waals surface area contributed by atoms with Gasteiger partial charge in [0, 0.05) is 6.08 Å². The van der Waals surface area contributed by atoms with Gasteiger partial charge in [-0.15, -0.1) is 0 Å². The fourth-order valence-corrected chi connectivity index (χ4v) is 2.08. The minimum absolute atomic E-state index is 0. The number of carbonyl (C=O) groups is 2. The second-order valence-electron chi connectivity index (χ2n) is 4.79. The van der Waals surface area contributed by atoms with Gasteiger partial charge in [-0.25, -0.2) is 4.79 Å². The number of nitrogens with one attached hydrogen (secondary N) is 1. The first-order chi connectivity index (χ1) is 11.5. The van der Waals surface area contributed by atoms with E-state index in [1.54, 1.807) is 43.5 Å². The summed E-state index contributed by atoms with van der Waals surface area (Å²) in [5.41, 5.74) is 1.02. The van der Waals surface area contributed by atoms with Crippen LogP contribution < -0.4 is 14.8 Å². The maximum atomic E-state index is 12.0. The summed E-state index contributed by atoms with van der Waals surface area (Å²) in [6.07, 6.45) is 2.92. The van der Waals surface area contributed by atoms with Crippen LogP contribution in [0.15, 0.2) is 48.5 Å². The van der Waals surface area contributed by atoms with Gasteiger partial charge < -0.3 is 25.4 Å². The Morgan fingerprint density at radius 3 is 2.36 bits per heavy atom. The average Bonchev–Trinajstić information content (AvgIpc) is 2.59. The third-order valence-corrected chi connectivity index (χ3v) is 3.25. The van der Waals surface area contributed by atoms with Gasteiger partial charge in [-0.05, 0) is 35.9 Å². The molecule has 0 spiro atoms. The highest BCUT2D eigenvalue weighted by Gasteiger charge is 2.10. The zero-order valence-electron chi connectivity index (χ0n) is 13.8. The molecule has 0 saturated carbocycles. The van der Waals surface area contributed by atoms with Crippen molar-refractivity contribution in [2.45, 2.75) is 0 Å². The van der Waals surface area contributed by atoms with E-state index in [1.165, 1.54) is 25.3 Å². The Kier molecular flexibility index (Phi) is 7.17. The number of amides is 1. The number of ether oxygens (including phenoxy) is 2. The number of carboxylic acids is 1. The van der Waals surface area contributed by atoms with E-state index in [1.807, 2.05) is 0 Å². The molecule has 0 aliphatic rings. The Morgan fingerprint density at radius 1 is 1.04 bits per heavy atom. The van der Waals surface area contributed by atoms with Gasteiger partial charge in [0.15, 0.2) is 11.5 Å². The third kappa shape index (κ3) is 5.08. The summed E-state index contributed by atoms with van der Waals surface area (Å²) in [6, 6.07) is 11.4. The molecule has 0 unspecified atom stereocenters. The van der Waals surface area contributed by atoms with E-state index in [2.05, 4.69) is 5.32 Å². The molecule has 2 aromatic carbocycles. The molecule has 0 aromatic heterocycles. The number of aromatic carboxylic acids is 1. The number of carbonyl (C=O) groups excluding carboxylic acids is 1. The summed E-state index contributed by atoms with van der Waals surface area (Å²) in [7, 11) is 3.07. The van der Waals surface area contributed by atoms with Crippen molar-refractivity contribution in [3.05, 3.63) is 59.7 Å². The predicted molar refractivity (Wildman–Crippen MR) is 94.2 cm³/mol. The Labute approximate surface area is 144 Å². The minimum atomic E-state index is -1.10. The number of rotatable bonds is 6. The number of hydrogen-bond donors (Lipinski definition) is 2. The van der Waals surface area contributed by atoms with Gasteiger partial charge in [-0.2, -0.15) is 0 Å². The van der Waals surface area contributed by atoms with Gasteiger partial charge >= 0.3 is 5.97 Å². The van der Waals surface area contributed by atoms with Crippen LogP contribution in [0, 0.1) is 0 Å². The molecule has 0 bridgehead atoms. The maximum absolute atomic E-state index is 12.0. The van der Waals surface area contributed by atoms with E-state index in [-0.39, 0.29) is 16.7 Å². The first-order valence-corrected chi connectivity index (χ1v) is 7.08. The van der Waals surface area contributed by atoms with Crippen molar-refractivity contribution in [3.8, 4) is 11.5 Å². The smallest absolute Gasteiger partial charge is 0.337 e. The lowest BCUT2D eigenvalue weighted by Crippen LogP contribution is -2.11. The molecule has 132 valence electrons. The Balaban J connectivity index is 0.00000312. The van der Waals surface area contributed by atoms with Crippen molar-refractivity contribution in [1.82, 2.24) is 0 Å². The third-order valence-electron chi connectivity index (χ3n) is 3.25. The van der Waals surface area contributed by atoms with E-state index < -0.39 is 11.9 Å². The van der Waals surface area contributed by atoms with Crippen LogP contribution in [0.3, 0.4) is 0 Å². The fraction of sp³-hybridized carbons (Fsp3) is 0.111. The zero-order chi connectivity index (χ0) is 17.5. The lowest BCUT2D eigenvalue weighted by atomic mass is 10.1. The molecule has 0 aliphatic heterocycles. The van der Waals surface area contributed by atoms with Gasteiger partial charge in [0.05, 0.1) is 25.5 Å². The first-order valence-electron chi connectivity index (χ1n) is 7.08. The van der Waals surface area contributed by atoms with E-state index in [0.717, 1.165) is 5.56 Å². The minimum Gasteiger partial charge on any atom is -0.493 e. The molecular weight excluding hydrogens is 326 g/mol. The summed E-state index contributed by atoms with van der Waals surface area (Å²) >= 11 is 0. The number of carboxylic acid groups (broad SMARTS) is 1. The van der Waals surface area contributed by atoms with Gasteiger partial charge in [0.25, 0.3) is 0 Å². The Bertz CT molecular complexity index is 785. The molecule has 7 nitrogen and oxygen atoms in total. The Morgan fingerprint density at radius 2 is 1.72 bits per heavy atom. The monoisotopic (exact) mass is 345 g/mol. The summed E-state index contributed by atoms with van der Waals surface area (Å²) < 4.78 is 10.3. The Hall–Kier alpha value is -3.32. The quantitative estimate of drug-likeness (QED) is 0.779. The molecule has 1 amide bonds. The summed E-state index contributed by atoms with van der Waals surface area (Å²) in [6.45, 7) is 0. The summed E-state index contributed by atoms with van der Waals surface area (Å²) in [5, 5.41) is 11.6. The van der Waals surface area contributed by atoms with E-state index in [0.29, 0.717) is 11.5 Å². The van der Waals surface area contributed by atoms with E-state index >= 15 is 0 Å².